The quantitative estimate of drug-likeness (QED) is 0.603. The second-order valence-electron chi connectivity index (χ2n) is 6.18. The molecule has 0 aliphatic carbocycles. The molecule has 136 valence electrons. The van der Waals surface area contributed by atoms with Gasteiger partial charge in [0.15, 0.2) is 0 Å². The fourth-order valence-corrected chi connectivity index (χ4v) is 6.85. The van der Waals surface area contributed by atoms with Crippen LogP contribution in [-0.4, -0.2) is 14.6 Å². The molecule has 2 rings (SSSR count). The zero-order valence-electron chi connectivity index (χ0n) is 15.1. The Morgan fingerprint density at radius 3 is 2.12 bits per heavy atom. The zero-order chi connectivity index (χ0) is 18.1. The average molecular weight is 377 g/mol. The van der Waals surface area contributed by atoms with Crippen LogP contribution in [0.5, 0.6) is 0 Å². The minimum Gasteiger partial charge on any atom is -0.207 e. The second-order valence-corrected chi connectivity index (χ2v) is 10.2. The van der Waals surface area contributed by atoms with Gasteiger partial charge in [0.2, 0.25) is 10.0 Å². The van der Waals surface area contributed by atoms with Crippen molar-refractivity contribution in [3.05, 3.63) is 60.2 Å². The molecule has 0 fully saturated rings. The maximum absolute atomic E-state index is 12.8. The van der Waals surface area contributed by atoms with Crippen molar-refractivity contribution < 1.29 is 8.42 Å². The molecule has 0 saturated heterocycles. The number of hydrogen-bond donors (Lipinski definition) is 1. The molecule has 1 atom stereocenters. The summed E-state index contributed by atoms with van der Waals surface area (Å²) in [4.78, 5) is 0.354. The van der Waals surface area contributed by atoms with Crippen molar-refractivity contribution in [3.63, 3.8) is 0 Å². The van der Waals surface area contributed by atoms with Gasteiger partial charge in [-0.3, -0.25) is 0 Å². The number of unbranched alkanes of at least 4 members (excludes halogenated alkanes) is 2. The summed E-state index contributed by atoms with van der Waals surface area (Å²) in [5.41, 5.74) is 1.19. The number of rotatable bonds is 10. The molecular formula is C20H28NO2PS. The molecule has 0 bridgehead atoms. The van der Waals surface area contributed by atoms with Crippen molar-refractivity contribution in [2.45, 2.75) is 50.8 Å². The predicted molar refractivity (Wildman–Crippen MR) is 108 cm³/mol. The van der Waals surface area contributed by atoms with Crippen LogP contribution in [0.4, 0.5) is 0 Å². The zero-order valence-corrected chi connectivity index (χ0v) is 16.8. The lowest BCUT2D eigenvalue weighted by Crippen LogP contribution is -2.24. The highest BCUT2D eigenvalue weighted by molar-refractivity contribution is 7.96. The summed E-state index contributed by atoms with van der Waals surface area (Å²) in [6.45, 7) is 4.28. The van der Waals surface area contributed by atoms with Crippen molar-refractivity contribution in [1.82, 2.24) is 4.49 Å². The van der Waals surface area contributed by atoms with E-state index < -0.39 is 18.1 Å². The molecule has 0 heterocycles. The highest BCUT2D eigenvalue weighted by Crippen LogP contribution is 2.33. The normalized spacial score (nSPS) is 12.9. The van der Waals surface area contributed by atoms with Gasteiger partial charge in [0.1, 0.15) is 0 Å². The van der Waals surface area contributed by atoms with Gasteiger partial charge in [-0.05, 0) is 48.4 Å². The van der Waals surface area contributed by atoms with Crippen molar-refractivity contribution in [2.75, 3.05) is 6.16 Å². The van der Waals surface area contributed by atoms with Gasteiger partial charge >= 0.3 is 0 Å². The van der Waals surface area contributed by atoms with Crippen LogP contribution in [0.2, 0.25) is 0 Å². The molecule has 2 aromatic rings. The van der Waals surface area contributed by atoms with E-state index in [0.717, 1.165) is 43.6 Å². The first-order chi connectivity index (χ1) is 12.1. The molecule has 2 aromatic carbocycles. The smallest absolute Gasteiger partial charge is 0.207 e. The van der Waals surface area contributed by atoms with Gasteiger partial charge in [0, 0.05) is 8.07 Å². The molecule has 0 amide bonds. The molecule has 0 saturated carbocycles. The summed E-state index contributed by atoms with van der Waals surface area (Å²) in [5, 5.41) is 1.08. The van der Waals surface area contributed by atoms with E-state index in [4.69, 9.17) is 0 Å². The molecular weight excluding hydrogens is 349 g/mol. The Bertz CT molecular complexity index is 730. The Kier molecular flexibility index (Phi) is 8.08. The van der Waals surface area contributed by atoms with E-state index >= 15 is 0 Å². The van der Waals surface area contributed by atoms with Crippen molar-refractivity contribution in [3.8, 4) is 0 Å². The van der Waals surface area contributed by atoms with Gasteiger partial charge in [0.05, 0.1) is 4.90 Å². The number of sulfonamides is 1. The highest BCUT2D eigenvalue weighted by Gasteiger charge is 2.21. The average Bonchev–Trinajstić information content (AvgIpc) is 2.64. The third kappa shape index (κ3) is 6.22. The molecule has 0 spiro atoms. The Labute approximate surface area is 153 Å². The third-order valence-corrected chi connectivity index (χ3v) is 8.51. The monoisotopic (exact) mass is 377 g/mol. The second kappa shape index (κ2) is 10.1. The van der Waals surface area contributed by atoms with E-state index in [9.17, 15) is 8.42 Å². The van der Waals surface area contributed by atoms with E-state index in [0.29, 0.717) is 4.90 Å². The maximum atomic E-state index is 12.8. The minimum absolute atomic E-state index is 0.354. The van der Waals surface area contributed by atoms with E-state index in [1.807, 2.05) is 42.5 Å². The summed E-state index contributed by atoms with van der Waals surface area (Å²) in [5.74, 6) is 0. The van der Waals surface area contributed by atoms with Gasteiger partial charge in [-0.1, -0.05) is 69.2 Å². The van der Waals surface area contributed by atoms with Crippen molar-refractivity contribution in [2.24, 2.45) is 0 Å². The molecule has 3 nitrogen and oxygen atoms in total. The van der Waals surface area contributed by atoms with Crippen LogP contribution in [0.3, 0.4) is 0 Å². The highest BCUT2D eigenvalue weighted by atomic mass is 32.2. The van der Waals surface area contributed by atoms with Crippen LogP contribution < -0.4 is 9.80 Å². The third-order valence-electron chi connectivity index (χ3n) is 4.09. The number of hydrogen-bond acceptors (Lipinski definition) is 2. The van der Waals surface area contributed by atoms with Crippen LogP contribution in [0.1, 0.15) is 45.1 Å². The summed E-state index contributed by atoms with van der Waals surface area (Å²) in [6, 6.07) is 17.2. The summed E-state index contributed by atoms with van der Waals surface area (Å²) in [6.07, 6.45) is 6.20. The van der Waals surface area contributed by atoms with E-state index in [-0.39, 0.29) is 0 Å². The lowest BCUT2D eigenvalue weighted by Gasteiger charge is -2.19. The molecule has 0 aromatic heterocycles. The predicted octanol–water partition coefficient (Wildman–Crippen LogP) is 4.83. The van der Waals surface area contributed by atoms with Gasteiger partial charge in [-0.15, -0.1) is 0 Å². The van der Waals surface area contributed by atoms with E-state index in [1.165, 1.54) is 5.56 Å². The number of nitrogens with one attached hydrogen (secondary N) is 1. The fourth-order valence-electron chi connectivity index (χ4n) is 2.57. The van der Waals surface area contributed by atoms with Crippen LogP contribution >= 0.6 is 8.07 Å². The van der Waals surface area contributed by atoms with Crippen molar-refractivity contribution >= 4 is 23.4 Å². The molecule has 5 heteroatoms. The fraction of sp³-hybridized carbons (Fsp3) is 0.400. The molecule has 1 N–H and O–H groups in total. The first kappa shape index (κ1) is 20.1. The number of aryl methyl sites for hydroxylation is 1. The minimum atomic E-state index is -3.50. The lowest BCUT2D eigenvalue weighted by molar-refractivity contribution is 0.594. The molecule has 0 aliphatic heterocycles. The summed E-state index contributed by atoms with van der Waals surface area (Å²) < 4.78 is 28.6. The van der Waals surface area contributed by atoms with Gasteiger partial charge in [-0.2, -0.15) is 4.49 Å². The Balaban J connectivity index is 2.16. The molecule has 25 heavy (non-hydrogen) atoms. The van der Waals surface area contributed by atoms with Crippen LogP contribution in [0, 0.1) is 0 Å². The number of benzene rings is 2. The van der Waals surface area contributed by atoms with Gasteiger partial charge in [0.25, 0.3) is 0 Å². The standard InChI is InChI=1S/C20H28NO2PS/c1-3-5-10-18-13-15-20(16-14-18)25(22,23)21-24(17-6-4-2)19-11-8-7-9-12-19/h7-9,11-16,21H,3-6,10,17H2,1-2H3. The Hall–Kier alpha value is -1.22. The lowest BCUT2D eigenvalue weighted by atomic mass is 10.1. The first-order valence-corrected chi connectivity index (χ1v) is 12.0. The molecule has 0 aliphatic rings. The van der Waals surface area contributed by atoms with Crippen molar-refractivity contribution in [1.29, 1.82) is 0 Å². The van der Waals surface area contributed by atoms with E-state index in [2.05, 4.69) is 18.3 Å². The van der Waals surface area contributed by atoms with Gasteiger partial charge in [-0.25, -0.2) is 8.42 Å². The van der Waals surface area contributed by atoms with Gasteiger partial charge < -0.3 is 0 Å². The summed E-state index contributed by atoms with van der Waals surface area (Å²) >= 11 is 0. The maximum Gasteiger partial charge on any atom is 0.244 e. The Morgan fingerprint density at radius 2 is 1.52 bits per heavy atom. The van der Waals surface area contributed by atoms with Crippen LogP contribution in [-0.2, 0) is 16.4 Å². The van der Waals surface area contributed by atoms with E-state index in [1.54, 1.807) is 12.1 Å². The first-order valence-electron chi connectivity index (χ1n) is 9.00. The van der Waals surface area contributed by atoms with Crippen LogP contribution in [0.15, 0.2) is 59.5 Å². The molecule has 1 unspecified atom stereocenters. The SMILES string of the molecule is CCCCc1ccc(S(=O)(=O)NP(CCCC)c2ccccc2)cc1. The topological polar surface area (TPSA) is 46.2 Å². The van der Waals surface area contributed by atoms with Crippen LogP contribution in [0.25, 0.3) is 0 Å². The molecule has 0 radical (unpaired) electrons. The Morgan fingerprint density at radius 1 is 0.880 bits per heavy atom. The largest absolute Gasteiger partial charge is 0.244 e. The summed E-state index contributed by atoms with van der Waals surface area (Å²) in [7, 11) is -4.42.